The standard InChI is InChI=1S/C18H25N5OS/c1-13-5-7-14(8-6-13)10-20-17(24)18-22-21-16(25-18)12-23-9-3-4-15(11-23)19-2/h5-8,15,19H,3-4,9-12H2,1-2H3,(H,20,24). The minimum atomic E-state index is -0.156. The van der Waals surface area contributed by atoms with Crippen molar-refractivity contribution in [3.05, 3.63) is 45.4 Å². The molecule has 1 atom stereocenters. The lowest BCUT2D eigenvalue weighted by Gasteiger charge is -2.31. The maximum atomic E-state index is 12.3. The molecule has 2 N–H and O–H groups in total. The van der Waals surface area contributed by atoms with Crippen LogP contribution in [0.1, 0.15) is 38.8 Å². The molecule has 1 unspecified atom stereocenters. The van der Waals surface area contributed by atoms with Gasteiger partial charge >= 0.3 is 0 Å². The number of carbonyl (C=O) groups excluding carboxylic acids is 1. The molecule has 2 heterocycles. The van der Waals surface area contributed by atoms with Gasteiger partial charge in [-0.25, -0.2) is 0 Å². The molecule has 1 aliphatic heterocycles. The molecule has 25 heavy (non-hydrogen) atoms. The molecule has 0 bridgehead atoms. The Morgan fingerprint density at radius 3 is 2.88 bits per heavy atom. The molecular weight excluding hydrogens is 334 g/mol. The molecule has 1 aromatic heterocycles. The average molecular weight is 359 g/mol. The zero-order chi connectivity index (χ0) is 17.6. The molecule has 1 aromatic carbocycles. The highest BCUT2D eigenvalue weighted by Crippen LogP contribution is 2.16. The van der Waals surface area contributed by atoms with E-state index in [0.717, 1.165) is 30.2 Å². The molecule has 7 heteroatoms. The van der Waals surface area contributed by atoms with Gasteiger partial charge < -0.3 is 10.6 Å². The summed E-state index contributed by atoms with van der Waals surface area (Å²) >= 11 is 1.38. The Hall–Kier alpha value is -1.83. The minimum absolute atomic E-state index is 0.156. The van der Waals surface area contributed by atoms with Crippen LogP contribution in [0.15, 0.2) is 24.3 Å². The molecule has 1 amide bonds. The predicted molar refractivity (Wildman–Crippen MR) is 99.6 cm³/mol. The predicted octanol–water partition coefficient (Wildman–Crippen LogP) is 1.96. The monoisotopic (exact) mass is 359 g/mol. The number of aromatic nitrogens is 2. The minimum Gasteiger partial charge on any atom is -0.346 e. The zero-order valence-electron chi connectivity index (χ0n) is 14.8. The number of benzene rings is 1. The maximum Gasteiger partial charge on any atom is 0.282 e. The van der Waals surface area contributed by atoms with Crippen LogP contribution in [-0.4, -0.2) is 47.2 Å². The number of rotatable bonds is 6. The molecule has 0 aliphatic carbocycles. The fraction of sp³-hybridized carbons (Fsp3) is 0.500. The Labute approximate surface area is 152 Å². The van der Waals surface area contributed by atoms with Crippen molar-refractivity contribution in [1.82, 2.24) is 25.7 Å². The molecular formula is C18H25N5OS. The topological polar surface area (TPSA) is 70.1 Å². The number of hydrogen-bond donors (Lipinski definition) is 2. The van der Waals surface area contributed by atoms with Crippen molar-refractivity contribution in [3.8, 4) is 0 Å². The van der Waals surface area contributed by atoms with Gasteiger partial charge in [0.25, 0.3) is 5.91 Å². The number of likely N-dealkylation sites (tertiary alicyclic amines) is 1. The van der Waals surface area contributed by atoms with Gasteiger partial charge in [-0.3, -0.25) is 9.69 Å². The number of piperidine rings is 1. The van der Waals surface area contributed by atoms with E-state index >= 15 is 0 Å². The normalized spacial score (nSPS) is 18.2. The van der Waals surface area contributed by atoms with Gasteiger partial charge in [0.2, 0.25) is 5.01 Å². The second-order valence-corrected chi connectivity index (χ2v) is 7.59. The van der Waals surface area contributed by atoms with Crippen molar-refractivity contribution in [2.24, 2.45) is 0 Å². The van der Waals surface area contributed by atoms with E-state index in [1.807, 2.05) is 38.2 Å². The van der Waals surface area contributed by atoms with Crippen LogP contribution < -0.4 is 10.6 Å². The Bertz CT molecular complexity index is 700. The van der Waals surface area contributed by atoms with Crippen molar-refractivity contribution in [2.45, 2.75) is 38.9 Å². The van der Waals surface area contributed by atoms with Crippen molar-refractivity contribution >= 4 is 17.2 Å². The number of nitrogens with zero attached hydrogens (tertiary/aromatic N) is 3. The van der Waals surface area contributed by atoms with Crippen molar-refractivity contribution in [1.29, 1.82) is 0 Å². The summed E-state index contributed by atoms with van der Waals surface area (Å²) < 4.78 is 0. The number of hydrogen-bond acceptors (Lipinski definition) is 6. The number of likely N-dealkylation sites (N-methyl/N-ethyl adjacent to an activating group) is 1. The van der Waals surface area contributed by atoms with Crippen LogP contribution in [0.4, 0.5) is 0 Å². The van der Waals surface area contributed by atoms with E-state index in [2.05, 4.69) is 25.7 Å². The number of carbonyl (C=O) groups is 1. The lowest BCUT2D eigenvalue weighted by molar-refractivity contribution is 0.0950. The van der Waals surface area contributed by atoms with E-state index < -0.39 is 0 Å². The highest BCUT2D eigenvalue weighted by Gasteiger charge is 2.20. The third kappa shape index (κ3) is 5.07. The van der Waals surface area contributed by atoms with Crippen LogP contribution in [0, 0.1) is 6.92 Å². The van der Waals surface area contributed by atoms with Gasteiger partial charge in [0, 0.05) is 19.1 Å². The number of aryl methyl sites for hydroxylation is 1. The van der Waals surface area contributed by atoms with Gasteiger partial charge in [0.1, 0.15) is 5.01 Å². The summed E-state index contributed by atoms with van der Waals surface area (Å²) in [4.78, 5) is 14.6. The molecule has 1 saturated heterocycles. The molecule has 3 rings (SSSR count). The Morgan fingerprint density at radius 2 is 2.12 bits per heavy atom. The Morgan fingerprint density at radius 1 is 1.32 bits per heavy atom. The van der Waals surface area contributed by atoms with Crippen LogP contribution >= 0.6 is 11.3 Å². The van der Waals surface area contributed by atoms with Gasteiger partial charge in [0.15, 0.2) is 0 Å². The van der Waals surface area contributed by atoms with Gasteiger partial charge in [-0.1, -0.05) is 41.2 Å². The first-order valence-electron chi connectivity index (χ1n) is 8.70. The molecule has 2 aromatic rings. The summed E-state index contributed by atoms with van der Waals surface area (Å²) in [6, 6.07) is 8.67. The fourth-order valence-corrected chi connectivity index (χ4v) is 3.80. The van der Waals surface area contributed by atoms with Crippen LogP contribution in [0.25, 0.3) is 0 Å². The highest BCUT2D eigenvalue weighted by molar-refractivity contribution is 7.13. The summed E-state index contributed by atoms with van der Waals surface area (Å²) in [5.74, 6) is -0.156. The molecule has 1 aliphatic rings. The summed E-state index contributed by atoms with van der Waals surface area (Å²) in [5, 5.41) is 15.8. The van der Waals surface area contributed by atoms with E-state index in [9.17, 15) is 4.79 Å². The van der Waals surface area contributed by atoms with Gasteiger partial charge in [-0.2, -0.15) is 0 Å². The van der Waals surface area contributed by atoms with Gasteiger partial charge in [-0.05, 0) is 38.9 Å². The molecule has 1 fully saturated rings. The largest absolute Gasteiger partial charge is 0.346 e. The van der Waals surface area contributed by atoms with E-state index in [1.165, 1.54) is 29.7 Å². The highest BCUT2D eigenvalue weighted by atomic mass is 32.1. The average Bonchev–Trinajstić information content (AvgIpc) is 3.09. The second-order valence-electron chi connectivity index (χ2n) is 6.53. The second kappa shape index (κ2) is 8.51. The summed E-state index contributed by atoms with van der Waals surface area (Å²) in [5.41, 5.74) is 2.29. The first-order chi connectivity index (χ1) is 12.1. The first-order valence-corrected chi connectivity index (χ1v) is 9.51. The Kier molecular flexibility index (Phi) is 6.12. The molecule has 0 saturated carbocycles. The quantitative estimate of drug-likeness (QED) is 0.825. The molecule has 0 spiro atoms. The van der Waals surface area contributed by atoms with Crippen molar-refractivity contribution < 1.29 is 4.79 Å². The van der Waals surface area contributed by atoms with Crippen molar-refractivity contribution in [3.63, 3.8) is 0 Å². The molecule has 134 valence electrons. The fourth-order valence-electron chi connectivity index (χ4n) is 3.00. The summed E-state index contributed by atoms with van der Waals surface area (Å²) in [6.45, 7) is 5.41. The lowest BCUT2D eigenvalue weighted by Crippen LogP contribution is -2.43. The lowest BCUT2D eigenvalue weighted by atomic mass is 10.1. The Balaban J connectivity index is 1.51. The van der Waals surface area contributed by atoms with Gasteiger partial charge in [-0.15, -0.1) is 10.2 Å². The molecule has 6 nitrogen and oxygen atoms in total. The van der Waals surface area contributed by atoms with Crippen LogP contribution in [0.5, 0.6) is 0 Å². The zero-order valence-corrected chi connectivity index (χ0v) is 15.6. The van der Waals surface area contributed by atoms with E-state index in [4.69, 9.17) is 0 Å². The SMILES string of the molecule is CNC1CCCN(Cc2nnc(C(=O)NCc3ccc(C)cc3)s2)C1. The van der Waals surface area contributed by atoms with E-state index in [-0.39, 0.29) is 5.91 Å². The smallest absolute Gasteiger partial charge is 0.282 e. The van der Waals surface area contributed by atoms with E-state index in [0.29, 0.717) is 17.6 Å². The van der Waals surface area contributed by atoms with Crippen molar-refractivity contribution in [2.75, 3.05) is 20.1 Å². The number of nitrogens with one attached hydrogen (secondary N) is 2. The summed E-state index contributed by atoms with van der Waals surface area (Å²) in [6.07, 6.45) is 2.41. The summed E-state index contributed by atoms with van der Waals surface area (Å²) in [7, 11) is 2.01. The number of amides is 1. The van der Waals surface area contributed by atoms with Crippen LogP contribution in [-0.2, 0) is 13.1 Å². The van der Waals surface area contributed by atoms with Crippen LogP contribution in [0.2, 0.25) is 0 Å². The maximum absolute atomic E-state index is 12.3. The third-order valence-corrected chi connectivity index (χ3v) is 5.41. The third-order valence-electron chi connectivity index (χ3n) is 4.51. The van der Waals surface area contributed by atoms with Crippen LogP contribution in [0.3, 0.4) is 0 Å². The van der Waals surface area contributed by atoms with Gasteiger partial charge in [0.05, 0.1) is 6.54 Å². The van der Waals surface area contributed by atoms with E-state index in [1.54, 1.807) is 0 Å². The molecule has 0 radical (unpaired) electrons. The first kappa shape index (κ1) is 18.0.